The molecule has 1 aliphatic carbocycles. The average molecular weight is 460 g/mol. The first-order valence-electron chi connectivity index (χ1n) is 10.0. The zero-order valence-corrected chi connectivity index (χ0v) is 18.5. The van der Waals surface area contributed by atoms with E-state index in [4.69, 9.17) is 4.74 Å². The van der Waals surface area contributed by atoms with Crippen LogP contribution < -0.4 is 0 Å². The van der Waals surface area contributed by atoms with Crippen molar-refractivity contribution in [1.29, 1.82) is 0 Å². The van der Waals surface area contributed by atoms with Crippen LogP contribution >= 0.6 is 15.9 Å². The zero-order chi connectivity index (χ0) is 20.8. The van der Waals surface area contributed by atoms with Crippen LogP contribution in [0.4, 0.5) is 0 Å². The molecule has 2 atom stereocenters. The third-order valence-corrected chi connectivity index (χ3v) is 6.73. The number of methoxy groups -OCH3 is 1. The number of ether oxygens (including phenoxy) is 1. The highest BCUT2D eigenvalue weighted by atomic mass is 79.9. The Morgan fingerprint density at radius 2 is 1.97 bits per heavy atom. The van der Waals surface area contributed by atoms with Gasteiger partial charge in [-0.05, 0) is 48.3 Å². The van der Waals surface area contributed by atoms with E-state index in [9.17, 15) is 9.59 Å². The van der Waals surface area contributed by atoms with E-state index in [0.29, 0.717) is 6.54 Å². The topological polar surface area (TPSA) is 75.3 Å². The molecule has 2 aliphatic rings. The summed E-state index contributed by atoms with van der Waals surface area (Å²) in [5.74, 6) is -0.733. The normalized spacial score (nSPS) is 20.9. The van der Waals surface area contributed by atoms with E-state index in [1.54, 1.807) is 0 Å². The van der Waals surface area contributed by atoms with Gasteiger partial charge in [0, 0.05) is 11.0 Å². The molecule has 29 heavy (non-hydrogen) atoms. The number of hydrogen-bond donors (Lipinski definition) is 1. The molecule has 1 amide bonds. The summed E-state index contributed by atoms with van der Waals surface area (Å²) in [6, 6.07) is 7.88. The first kappa shape index (κ1) is 20.1. The van der Waals surface area contributed by atoms with E-state index in [0.717, 1.165) is 40.8 Å². The summed E-state index contributed by atoms with van der Waals surface area (Å²) >= 11 is 3.46. The lowest BCUT2D eigenvalue weighted by atomic mass is 9.94. The highest BCUT2D eigenvalue weighted by molar-refractivity contribution is 9.10. The summed E-state index contributed by atoms with van der Waals surface area (Å²) in [4.78, 5) is 35.6. The Bertz CT molecular complexity index is 918. The Hall–Kier alpha value is -2.15. The maximum absolute atomic E-state index is 13.4. The van der Waals surface area contributed by atoms with Gasteiger partial charge in [-0.1, -0.05) is 41.9 Å². The molecule has 154 valence electrons. The number of benzene rings is 1. The van der Waals surface area contributed by atoms with Gasteiger partial charge in [0.1, 0.15) is 11.7 Å². The molecular weight excluding hydrogens is 434 g/mol. The summed E-state index contributed by atoms with van der Waals surface area (Å²) in [6.45, 7) is 4.46. The Morgan fingerprint density at radius 3 is 2.55 bits per heavy atom. The second kappa shape index (κ2) is 7.59. The first-order valence-corrected chi connectivity index (χ1v) is 10.8. The van der Waals surface area contributed by atoms with Crippen molar-refractivity contribution < 1.29 is 14.3 Å². The minimum atomic E-state index is -0.780. The van der Waals surface area contributed by atoms with Gasteiger partial charge in [-0.3, -0.25) is 9.59 Å². The summed E-state index contributed by atoms with van der Waals surface area (Å²) in [7, 11) is 1.34. The van der Waals surface area contributed by atoms with Crippen LogP contribution in [0.5, 0.6) is 0 Å². The van der Waals surface area contributed by atoms with Crippen molar-refractivity contribution in [2.24, 2.45) is 17.3 Å². The molecule has 1 N–H and O–H groups in total. The molecular formula is C22H26BrN3O3. The Kier molecular flexibility index (Phi) is 5.27. The minimum Gasteiger partial charge on any atom is -0.468 e. The standard InChI is InChI=1S/C22H26BrN3O3/c1-13(2)18(21(28)29-3)20(27)26-12-22(8-9-22)10-17(26)19-24-11-16(25-19)14-4-6-15(23)7-5-14/h4-7,11,13,17-18H,8-10,12H2,1-3H3,(H,24,25). The lowest BCUT2D eigenvalue weighted by Gasteiger charge is -2.28. The number of imidazole rings is 1. The number of amides is 1. The third kappa shape index (κ3) is 3.84. The van der Waals surface area contributed by atoms with Crippen LogP contribution in [0.25, 0.3) is 11.3 Å². The quantitative estimate of drug-likeness (QED) is 0.532. The molecule has 1 aromatic heterocycles. The van der Waals surface area contributed by atoms with Crippen LogP contribution in [0.3, 0.4) is 0 Å². The van der Waals surface area contributed by atoms with Crippen LogP contribution in [0, 0.1) is 17.3 Å². The summed E-state index contributed by atoms with van der Waals surface area (Å²) < 4.78 is 5.94. The summed E-state index contributed by atoms with van der Waals surface area (Å²) in [5, 5.41) is 0. The number of carbonyl (C=O) groups excluding carboxylic acids is 2. The fourth-order valence-corrected chi connectivity index (χ4v) is 4.58. The first-order chi connectivity index (χ1) is 13.8. The number of nitrogens with zero attached hydrogens (tertiary/aromatic N) is 2. The summed E-state index contributed by atoms with van der Waals surface area (Å²) in [6.07, 6.45) is 4.95. The molecule has 1 spiro atoms. The third-order valence-electron chi connectivity index (χ3n) is 6.20. The fourth-order valence-electron chi connectivity index (χ4n) is 4.32. The Morgan fingerprint density at radius 1 is 1.28 bits per heavy atom. The van der Waals surface area contributed by atoms with E-state index in [1.807, 2.05) is 49.2 Å². The Labute approximate surface area is 179 Å². The number of rotatable bonds is 5. The fraction of sp³-hybridized carbons (Fsp3) is 0.500. The number of nitrogens with one attached hydrogen (secondary N) is 1. The molecule has 1 aliphatic heterocycles. The number of carbonyl (C=O) groups is 2. The molecule has 4 rings (SSSR count). The molecule has 2 heterocycles. The zero-order valence-electron chi connectivity index (χ0n) is 16.9. The van der Waals surface area contributed by atoms with E-state index in [1.165, 1.54) is 7.11 Å². The number of likely N-dealkylation sites (tertiary alicyclic amines) is 1. The van der Waals surface area contributed by atoms with Crippen molar-refractivity contribution in [3.63, 3.8) is 0 Å². The maximum atomic E-state index is 13.4. The number of hydrogen-bond acceptors (Lipinski definition) is 4. The van der Waals surface area contributed by atoms with E-state index in [-0.39, 0.29) is 23.3 Å². The minimum absolute atomic E-state index is 0.124. The number of halogens is 1. The number of H-pyrrole nitrogens is 1. The average Bonchev–Trinajstić information content (AvgIpc) is 3.11. The van der Waals surface area contributed by atoms with E-state index in [2.05, 4.69) is 25.9 Å². The van der Waals surface area contributed by atoms with Gasteiger partial charge >= 0.3 is 5.97 Å². The SMILES string of the molecule is COC(=O)C(C(=O)N1CC2(CC2)CC1c1ncc(-c2ccc(Br)cc2)[nH]1)C(C)C. The maximum Gasteiger partial charge on any atom is 0.318 e. The van der Waals surface area contributed by atoms with Crippen LogP contribution in [0.15, 0.2) is 34.9 Å². The summed E-state index contributed by atoms with van der Waals surface area (Å²) in [5.41, 5.74) is 2.14. The second-order valence-corrected chi connectivity index (χ2v) is 9.54. The van der Waals surface area contributed by atoms with Crippen molar-refractivity contribution >= 4 is 27.8 Å². The van der Waals surface area contributed by atoms with Gasteiger partial charge in [-0.2, -0.15) is 0 Å². The molecule has 2 fully saturated rings. The molecule has 0 radical (unpaired) electrons. The largest absolute Gasteiger partial charge is 0.468 e. The number of aromatic nitrogens is 2. The predicted octanol–water partition coefficient (Wildman–Crippen LogP) is 4.34. The molecule has 2 unspecified atom stereocenters. The number of aromatic amines is 1. The highest BCUT2D eigenvalue weighted by Gasteiger charge is 2.55. The van der Waals surface area contributed by atoms with Gasteiger partial charge in [0.2, 0.25) is 5.91 Å². The van der Waals surface area contributed by atoms with Crippen molar-refractivity contribution in [2.75, 3.05) is 13.7 Å². The van der Waals surface area contributed by atoms with E-state index >= 15 is 0 Å². The molecule has 7 heteroatoms. The predicted molar refractivity (Wildman–Crippen MR) is 113 cm³/mol. The van der Waals surface area contributed by atoms with Crippen LogP contribution in [-0.4, -0.2) is 40.4 Å². The van der Waals surface area contributed by atoms with Crippen LogP contribution in [-0.2, 0) is 14.3 Å². The van der Waals surface area contributed by atoms with Gasteiger partial charge in [-0.15, -0.1) is 0 Å². The molecule has 1 aromatic carbocycles. The molecule has 2 aromatic rings. The lowest BCUT2D eigenvalue weighted by Crippen LogP contribution is -2.42. The van der Waals surface area contributed by atoms with Crippen LogP contribution in [0.1, 0.15) is 45.0 Å². The van der Waals surface area contributed by atoms with Crippen molar-refractivity contribution in [2.45, 2.75) is 39.2 Å². The lowest BCUT2D eigenvalue weighted by molar-refractivity contribution is -0.156. The monoisotopic (exact) mass is 459 g/mol. The molecule has 1 saturated carbocycles. The highest BCUT2D eigenvalue weighted by Crippen LogP contribution is 2.58. The van der Waals surface area contributed by atoms with Crippen molar-refractivity contribution in [3.05, 3.63) is 40.8 Å². The van der Waals surface area contributed by atoms with Gasteiger partial charge in [0.25, 0.3) is 0 Å². The number of esters is 1. The van der Waals surface area contributed by atoms with Gasteiger partial charge in [-0.25, -0.2) is 4.98 Å². The van der Waals surface area contributed by atoms with Gasteiger partial charge in [0.05, 0.1) is 25.0 Å². The molecule has 0 bridgehead atoms. The van der Waals surface area contributed by atoms with Crippen molar-refractivity contribution in [3.8, 4) is 11.3 Å². The van der Waals surface area contributed by atoms with Gasteiger partial charge in [0.15, 0.2) is 0 Å². The van der Waals surface area contributed by atoms with Crippen LogP contribution in [0.2, 0.25) is 0 Å². The Balaban J connectivity index is 1.62. The molecule has 1 saturated heterocycles. The molecule has 6 nitrogen and oxygen atoms in total. The van der Waals surface area contributed by atoms with Gasteiger partial charge < -0.3 is 14.6 Å². The van der Waals surface area contributed by atoms with Crippen molar-refractivity contribution in [1.82, 2.24) is 14.9 Å². The second-order valence-electron chi connectivity index (χ2n) is 8.62. The smallest absolute Gasteiger partial charge is 0.318 e. The van der Waals surface area contributed by atoms with E-state index < -0.39 is 11.9 Å².